The standard InChI is InChI=1S/C69H122NO8P/c1-3-5-7-9-11-13-15-17-19-21-23-25-27-29-31-33-35-37-39-41-43-45-47-49-51-53-55-57-59-61-68(71)75-65-67(66-77-79(73,74)76-64-63-70)78-69(72)62-60-58-56-54-52-50-48-46-44-42-40-38-36-34-32-30-28-26-24-22-20-18-16-14-12-10-8-6-4-2/h6,8,12,14,18,20-21,23-24,26,30,32,36,38,42,44,67H,3-5,7,9-11,13,15-17,19,22,25,27-29,31,33-35,37,39-41,43,45-66,70H2,1-2H3,(H,73,74)/b8-6-,14-12-,20-18-,23-21-,26-24-,32-30-,38-36-,44-42-. The zero-order valence-corrected chi connectivity index (χ0v) is 52.0. The van der Waals surface area contributed by atoms with Crippen molar-refractivity contribution in [2.75, 3.05) is 26.4 Å². The molecule has 0 saturated heterocycles. The maximum atomic E-state index is 12.7. The Morgan fingerprint density at radius 3 is 1.05 bits per heavy atom. The first-order valence-electron chi connectivity index (χ1n) is 32.7. The molecular formula is C69H122NO8P. The van der Waals surface area contributed by atoms with Gasteiger partial charge in [0.05, 0.1) is 13.2 Å². The molecule has 2 atom stereocenters. The van der Waals surface area contributed by atoms with Crippen LogP contribution in [0.1, 0.15) is 296 Å². The first-order chi connectivity index (χ1) is 38.8. The van der Waals surface area contributed by atoms with Crippen molar-refractivity contribution in [1.29, 1.82) is 0 Å². The van der Waals surface area contributed by atoms with E-state index in [0.717, 1.165) is 89.9 Å². The molecule has 0 amide bonds. The van der Waals surface area contributed by atoms with E-state index in [4.69, 9.17) is 24.3 Å². The molecule has 0 aromatic rings. The lowest BCUT2D eigenvalue weighted by Crippen LogP contribution is -2.29. The number of phosphoric ester groups is 1. The molecule has 0 aromatic heterocycles. The summed E-state index contributed by atoms with van der Waals surface area (Å²) in [6.07, 6.45) is 86.2. The van der Waals surface area contributed by atoms with Gasteiger partial charge in [0, 0.05) is 19.4 Å². The minimum atomic E-state index is -4.40. The number of ether oxygens (including phenoxy) is 2. The van der Waals surface area contributed by atoms with Crippen LogP contribution in [0.3, 0.4) is 0 Å². The van der Waals surface area contributed by atoms with Crippen LogP contribution in [0.4, 0.5) is 0 Å². The van der Waals surface area contributed by atoms with E-state index in [9.17, 15) is 19.0 Å². The summed E-state index contributed by atoms with van der Waals surface area (Å²) in [7, 11) is -4.40. The predicted octanol–water partition coefficient (Wildman–Crippen LogP) is 21.2. The second-order valence-corrected chi connectivity index (χ2v) is 23.1. The second-order valence-electron chi connectivity index (χ2n) is 21.6. The highest BCUT2D eigenvalue weighted by molar-refractivity contribution is 7.47. The summed E-state index contributed by atoms with van der Waals surface area (Å²) in [4.78, 5) is 35.3. The van der Waals surface area contributed by atoms with Crippen LogP contribution < -0.4 is 5.73 Å². The number of phosphoric acid groups is 1. The van der Waals surface area contributed by atoms with E-state index < -0.39 is 26.5 Å². The van der Waals surface area contributed by atoms with Crippen LogP contribution in [0, 0.1) is 0 Å². The van der Waals surface area contributed by atoms with Gasteiger partial charge in [-0.15, -0.1) is 0 Å². The van der Waals surface area contributed by atoms with Crippen LogP contribution in [0.2, 0.25) is 0 Å². The third-order valence-corrected chi connectivity index (χ3v) is 14.9. The van der Waals surface area contributed by atoms with E-state index in [1.54, 1.807) is 0 Å². The molecular weight excluding hydrogens is 1000 g/mol. The highest BCUT2D eigenvalue weighted by atomic mass is 31.2. The number of unbranched alkanes of at least 4 members (excludes halogenated alkanes) is 32. The average Bonchev–Trinajstić information content (AvgIpc) is 3.44. The first-order valence-corrected chi connectivity index (χ1v) is 34.2. The first kappa shape index (κ1) is 75.9. The van der Waals surface area contributed by atoms with Gasteiger partial charge in [0.1, 0.15) is 6.61 Å². The van der Waals surface area contributed by atoms with Gasteiger partial charge in [0.15, 0.2) is 6.10 Å². The SMILES string of the molecule is CC/C=C\C/C=C\C/C=C\C/C=C\C/C=C\C/C=C\C/C=C\CCCCCCCCCC(=O)OC(COC(=O)CCCCCCCCCCCCCCCCCCC/C=C\CCCCCCCCCC)COP(=O)(O)OCCN. The average molecular weight is 1120 g/mol. The van der Waals surface area contributed by atoms with Gasteiger partial charge in [-0.3, -0.25) is 18.6 Å². The summed E-state index contributed by atoms with van der Waals surface area (Å²) in [5.41, 5.74) is 5.39. The predicted molar refractivity (Wildman–Crippen MR) is 339 cm³/mol. The molecule has 0 saturated carbocycles. The quantitative estimate of drug-likeness (QED) is 0.0264. The number of carbonyl (C=O) groups excluding carboxylic acids is 2. The van der Waals surface area contributed by atoms with Crippen LogP contribution in [-0.2, 0) is 32.7 Å². The summed E-state index contributed by atoms with van der Waals surface area (Å²) < 4.78 is 33.1. The zero-order chi connectivity index (χ0) is 57.3. The summed E-state index contributed by atoms with van der Waals surface area (Å²) in [5, 5.41) is 0. The van der Waals surface area contributed by atoms with Gasteiger partial charge < -0.3 is 20.1 Å². The van der Waals surface area contributed by atoms with Gasteiger partial charge in [0.25, 0.3) is 0 Å². The van der Waals surface area contributed by atoms with E-state index in [1.165, 1.54) is 173 Å². The summed E-state index contributed by atoms with van der Waals surface area (Å²) in [6.45, 7) is 3.64. The Hall–Kier alpha value is -3.07. The zero-order valence-electron chi connectivity index (χ0n) is 51.1. The largest absolute Gasteiger partial charge is 0.472 e. The molecule has 0 spiro atoms. The smallest absolute Gasteiger partial charge is 0.462 e. The number of nitrogens with two attached hydrogens (primary N) is 1. The van der Waals surface area contributed by atoms with Crippen LogP contribution in [0.15, 0.2) is 97.2 Å². The van der Waals surface area contributed by atoms with Gasteiger partial charge >= 0.3 is 19.8 Å². The number of hydrogen-bond acceptors (Lipinski definition) is 8. The van der Waals surface area contributed by atoms with E-state index in [2.05, 4.69) is 111 Å². The number of rotatable bonds is 61. The van der Waals surface area contributed by atoms with Crippen LogP contribution in [0.5, 0.6) is 0 Å². The monoisotopic (exact) mass is 1120 g/mol. The molecule has 456 valence electrons. The lowest BCUT2D eigenvalue weighted by atomic mass is 10.0. The van der Waals surface area contributed by atoms with Gasteiger partial charge in [-0.1, -0.05) is 284 Å². The molecule has 0 aliphatic heterocycles. The van der Waals surface area contributed by atoms with Gasteiger partial charge in [-0.2, -0.15) is 0 Å². The highest BCUT2D eigenvalue weighted by Gasteiger charge is 2.26. The minimum Gasteiger partial charge on any atom is -0.462 e. The van der Waals surface area contributed by atoms with Crippen molar-refractivity contribution in [1.82, 2.24) is 0 Å². The molecule has 0 radical (unpaired) electrons. The Balaban J connectivity index is 3.95. The molecule has 9 nitrogen and oxygen atoms in total. The maximum Gasteiger partial charge on any atom is 0.472 e. The molecule has 0 aliphatic rings. The van der Waals surface area contributed by atoms with Crippen LogP contribution >= 0.6 is 7.82 Å². The Labute approximate surface area is 486 Å². The normalized spacial score (nSPS) is 13.6. The fourth-order valence-electron chi connectivity index (χ4n) is 9.14. The van der Waals surface area contributed by atoms with Gasteiger partial charge in [-0.05, 0) is 96.3 Å². The maximum absolute atomic E-state index is 12.7. The third kappa shape index (κ3) is 64.0. The van der Waals surface area contributed by atoms with E-state index >= 15 is 0 Å². The van der Waals surface area contributed by atoms with Crippen molar-refractivity contribution >= 4 is 19.8 Å². The van der Waals surface area contributed by atoms with Gasteiger partial charge in [0.2, 0.25) is 0 Å². The van der Waals surface area contributed by atoms with Crippen LogP contribution in [0.25, 0.3) is 0 Å². The molecule has 0 bridgehead atoms. The van der Waals surface area contributed by atoms with E-state index in [0.29, 0.717) is 6.42 Å². The topological polar surface area (TPSA) is 134 Å². The van der Waals surface area contributed by atoms with Crippen molar-refractivity contribution in [3.63, 3.8) is 0 Å². The van der Waals surface area contributed by atoms with Crippen LogP contribution in [-0.4, -0.2) is 49.3 Å². The van der Waals surface area contributed by atoms with Crippen molar-refractivity contribution < 1.29 is 37.6 Å². The number of hydrogen-bond donors (Lipinski definition) is 2. The summed E-state index contributed by atoms with van der Waals surface area (Å²) >= 11 is 0. The molecule has 0 aromatic carbocycles. The fraction of sp³-hybridized carbons (Fsp3) is 0.739. The fourth-order valence-corrected chi connectivity index (χ4v) is 9.91. The molecule has 10 heteroatoms. The molecule has 0 heterocycles. The Kier molecular flexibility index (Phi) is 61.6. The molecule has 0 aliphatic carbocycles. The number of esters is 2. The lowest BCUT2D eigenvalue weighted by molar-refractivity contribution is -0.161. The Morgan fingerprint density at radius 1 is 0.392 bits per heavy atom. The summed E-state index contributed by atoms with van der Waals surface area (Å²) in [5.74, 6) is -0.835. The summed E-state index contributed by atoms with van der Waals surface area (Å²) in [6, 6.07) is 0. The number of carbonyl (C=O) groups is 2. The molecule has 79 heavy (non-hydrogen) atoms. The highest BCUT2D eigenvalue weighted by Crippen LogP contribution is 2.43. The second kappa shape index (κ2) is 64.1. The van der Waals surface area contributed by atoms with E-state index in [1.807, 2.05) is 0 Å². The van der Waals surface area contributed by atoms with E-state index in [-0.39, 0.29) is 38.6 Å². The molecule has 2 unspecified atom stereocenters. The number of allylic oxidation sites excluding steroid dienone is 16. The van der Waals surface area contributed by atoms with Crippen molar-refractivity contribution in [2.45, 2.75) is 302 Å². The minimum absolute atomic E-state index is 0.0478. The Bertz CT molecular complexity index is 1610. The van der Waals surface area contributed by atoms with Crippen molar-refractivity contribution in [3.05, 3.63) is 97.2 Å². The van der Waals surface area contributed by atoms with Crippen molar-refractivity contribution in [3.8, 4) is 0 Å². The Morgan fingerprint density at radius 2 is 0.696 bits per heavy atom. The molecule has 0 fully saturated rings. The molecule has 0 rings (SSSR count). The van der Waals surface area contributed by atoms with Crippen molar-refractivity contribution in [2.24, 2.45) is 5.73 Å². The third-order valence-electron chi connectivity index (χ3n) is 14.0. The lowest BCUT2D eigenvalue weighted by Gasteiger charge is -2.19. The van der Waals surface area contributed by atoms with Gasteiger partial charge in [-0.25, -0.2) is 4.57 Å². The molecule has 3 N–H and O–H groups in total.